The lowest BCUT2D eigenvalue weighted by Gasteiger charge is -2.21. The molecular formula is C18H29N3O3. The summed E-state index contributed by atoms with van der Waals surface area (Å²) >= 11 is 0. The van der Waals surface area contributed by atoms with E-state index in [1.807, 2.05) is 18.2 Å². The van der Waals surface area contributed by atoms with Crippen LogP contribution >= 0.6 is 0 Å². The van der Waals surface area contributed by atoms with Crippen LogP contribution in [0.25, 0.3) is 0 Å². The fraction of sp³-hybridized carbons (Fsp3) is 0.611. The van der Waals surface area contributed by atoms with Crippen LogP contribution in [0.1, 0.15) is 18.9 Å². The predicted molar refractivity (Wildman–Crippen MR) is 95.9 cm³/mol. The molecule has 1 unspecified atom stereocenters. The van der Waals surface area contributed by atoms with Crippen LogP contribution in [0, 0.1) is 5.92 Å². The minimum absolute atomic E-state index is 0.570. The zero-order valence-electron chi connectivity index (χ0n) is 15.2. The van der Waals surface area contributed by atoms with Crippen LogP contribution in [0.2, 0.25) is 0 Å². The van der Waals surface area contributed by atoms with Crippen molar-refractivity contribution in [2.45, 2.75) is 19.9 Å². The standard InChI is InChI=1S/C18H29N3O3/c1-5-19-18(21-9-8-14(12-21)13-22-2)20-11-15-6-7-16(23-3)10-17(15)24-4/h6-7,10,14H,5,8-9,11-13H2,1-4H3,(H,19,20). The highest BCUT2D eigenvalue weighted by atomic mass is 16.5. The molecule has 0 radical (unpaired) electrons. The monoisotopic (exact) mass is 335 g/mol. The zero-order valence-corrected chi connectivity index (χ0v) is 15.2. The minimum atomic E-state index is 0.570. The van der Waals surface area contributed by atoms with E-state index in [2.05, 4.69) is 17.1 Å². The van der Waals surface area contributed by atoms with E-state index in [4.69, 9.17) is 19.2 Å². The van der Waals surface area contributed by atoms with Gasteiger partial charge in [-0.05, 0) is 25.5 Å². The summed E-state index contributed by atoms with van der Waals surface area (Å²) in [5.74, 6) is 3.12. The molecule has 6 heteroatoms. The third-order valence-electron chi connectivity index (χ3n) is 4.22. The van der Waals surface area contributed by atoms with Gasteiger partial charge in [0.1, 0.15) is 11.5 Å². The molecule has 1 aliphatic heterocycles. The zero-order chi connectivity index (χ0) is 17.4. The molecule has 0 bridgehead atoms. The molecule has 1 aromatic carbocycles. The second-order valence-electron chi connectivity index (χ2n) is 5.90. The highest BCUT2D eigenvalue weighted by Gasteiger charge is 2.24. The van der Waals surface area contributed by atoms with Crippen LogP contribution in [-0.2, 0) is 11.3 Å². The Bertz CT molecular complexity index is 548. The SMILES string of the molecule is CCNC(=NCc1ccc(OC)cc1OC)N1CCC(COC)C1. The smallest absolute Gasteiger partial charge is 0.194 e. The van der Waals surface area contributed by atoms with Gasteiger partial charge in [-0.15, -0.1) is 0 Å². The predicted octanol–water partition coefficient (Wildman–Crippen LogP) is 2.14. The van der Waals surface area contributed by atoms with Crippen molar-refractivity contribution in [2.75, 3.05) is 47.6 Å². The van der Waals surface area contributed by atoms with Crippen molar-refractivity contribution in [1.29, 1.82) is 0 Å². The number of rotatable bonds is 7. The van der Waals surface area contributed by atoms with Crippen LogP contribution in [0.5, 0.6) is 11.5 Å². The molecule has 6 nitrogen and oxygen atoms in total. The third kappa shape index (κ3) is 4.77. The molecule has 1 N–H and O–H groups in total. The Morgan fingerprint density at radius 1 is 1.29 bits per heavy atom. The van der Waals surface area contributed by atoms with Gasteiger partial charge < -0.3 is 24.4 Å². The van der Waals surface area contributed by atoms with Gasteiger partial charge in [-0.1, -0.05) is 0 Å². The number of methoxy groups -OCH3 is 3. The molecule has 24 heavy (non-hydrogen) atoms. The van der Waals surface area contributed by atoms with Gasteiger partial charge in [0.25, 0.3) is 0 Å². The number of hydrogen-bond acceptors (Lipinski definition) is 4. The van der Waals surface area contributed by atoms with E-state index in [-0.39, 0.29) is 0 Å². The maximum Gasteiger partial charge on any atom is 0.194 e. The van der Waals surface area contributed by atoms with Crippen molar-refractivity contribution in [2.24, 2.45) is 10.9 Å². The molecule has 1 heterocycles. The second-order valence-corrected chi connectivity index (χ2v) is 5.90. The Balaban J connectivity index is 2.08. The van der Waals surface area contributed by atoms with Gasteiger partial charge >= 0.3 is 0 Å². The first-order valence-electron chi connectivity index (χ1n) is 8.44. The molecule has 0 aliphatic carbocycles. The molecule has 2 rings (SSSR count). The van der Waals surface area contributed by atoms with Crippen LogP contribution in [-0.4, -0.2) is 58.4 Å². The lowest BCUT2D eigenvalue weighted by Crippen LogP contribution is -2.40. The highest BCUT2D eigenvalue weighted by Crippen LogP contribution is 2.25. The number of ether oxygens (including phenoxy) is 3. The van der Waals surface area contributed by atoms with E-state index >= 15 is 0 Å². The van der Waals surface area contributed by atoms with Crippen molar-refractivity contribution >= 4 is 5.96 Å². The van der Waals surface area contributed by atoms with Crippen molar-refractivity contribution < 1.29 is 14.2 Å². The molecule has 134 valence electrons. The maximum atomic E-state index is 5.45. The second kappa shape index (κ2) is 9.37. The van der Waals surface area contributed by atoms with Crippen LogP contribution < -0.4 is 14.8 Å². The van der Waals surface area contributed by atoms with Crippen LogP contribution in [0.15, 0.2) is 23.2 Å². The number of nitrogens with zero attached hydrogens (tertiary/aromatic N) is 2. The fourth-order valence-corrected chi connectivity index (χ4v) is 2.97. The number of benzene rings is 1. The number of likely N-dealkylation sites (tertiary alicyclic amines) is 1. The van der Waals surface area contributed by atoms with E-state index in [1.165, 1.54) is 0 Å². The van der Waals surface area contributed by atoms with Gasteiger partial charge in [0.2, 0.25) is 0 Å². The number of aliphatic imine (C=N–C) groups is 1. The largest absolute Gasteiger partial charge is 0.497 e. The Labute approximate surface area is 144 Å². The molecule has 1 aromatic rings. The number of guanidine groups is 1. The summed E-state index contributed by atoms with van der Waals surface area (Å²) in [7, 11) is 5.08. The molecule has 1 fully saturated rings. The maximum absolute atomic E-state index is 5.45. The van der Waals surface area contributed by atoms with Crippen molar-refractivity contribution in [3.63, 3.8) is 0 Å². The van der Waals surface area contributed by atoms with Crippen molar-refractivity contribution in [3.05, 3.63) is 23.8 Å². The lowest BCUT2D eigenvalue weighted by atomic mass is 10.1. The lowest BCUT2D eigenvalue weighted by molar-refractivity contribution is 0.157. The van der Waals surface area contributed by atoms with Gasteiger partial charge in [0.15, 0.2) is 5.96 Å². The summed E-state index contributed by atoms with van der Waals surface area (Å²) in [6.45, 7) is 6.32. The topological polar surface area (TPSA) is 55.3 Å². The van der Waals surface area contributed by atoms with Crippen LogP contribution in [0.3, 0.4) is 0 Å². The summed E-state index contributed by atoms with van der Waals surface area (Å²) in [5.41, 5.74) is 1.04. The van der Waals surface area contributed by atoms with E-state index in [1.54, 1.807) is 21.3 Å². The summed E-state index contributed by atoms with van der Waals surface area (Å²) in [5, 5.41) is 3.39. The van der Waals surface area contributed by atoms with Gasteiger partial charge in [0.05, 0.1) is 27.4 Å². The first kappa shape index (κ1) is 18.4. The van der Waals surface area contributed by atoms with Crippen LogP contribution in [0.4, 0.5) is 0 Å². The highest BCUT2D eigenvalue weighted by molar-refractivity contribution is 5.80. The van der Waals surface area contributed by atoms with Crippen molar-refractivity contribution in [1.82, 2.24) is 10.2 Å². The number of hydrogen-bond donors (Lipinski definition) is 1. The van der Waals surface area contributed by atoms with E-state index < -0.39 is 0 Å². The van der Waals surface area contributed by atoms with Gasteiger partial charge in [0, 0.05) is 44.3 Å². The van der Waals surface area contributed by atoms with Gasteiger partial charge in [-0.2, -0.15) is 0 Å². The van der Waals surface area contributed by atoms with Crippen molar-refractivity contribution in [3.8, 4) is 11.5 Å². The number of nitrogens with one attached hydrogen (secondary N) is 1. The first-order valence-corrected chi connectivity index (χ1v) is 8.44. The summed E-state index contributed by atoms with van der Waals surface area (Å²) < 4.78 is 16.0. The summed E-state index contributed by atoms with van der Waals surface area (Å²) in [4.78, 5) is 7.10. The van der Waals surface area contributed by atoms with E-state index in [9.17, 15) is 0 Å². The van der Waals surface area contributed by atoms with E-state index in [0.717, 1.165) is 55.7 Å². The van der Waals surface area contributed by atoms with E-state index in [0.29, 0.717) is 12.5 Å². The molecule has 1 aliphatic rings. The Kier molecular flexibility index (Phi) is 7.18. The average molecular weight is 335 g/mol. The fourth-order valence-electron chi connectivity index (χ4n) is 2.97. The summed E-state index contributed by atoms with van der Waals surface area (Å²) in [6.07, 6.45) is 1.14. The molecule has 0 aromatic heterocycles. The molecule has 0 saturated carbocycles. The molecule has 0 spiro atoms. The molecule has 0 amide bonds. The Morgan fingerprint density at radius 3 is 2.79 bits per heavy atom. The van der Waals surface area contributed by atoms with Gasteiger partial charge in [-0.25, -0.2) is 4.99 Å². The van der Waals surface area contributed by atoms with Gasteiger partial charge in [-0.3, -0.25) is 0 Å². The minimum Gasteiger partial charge on any atom is -0.497 e. The quantitative estimate of drug-likeness (QED) is 0.611. The Hall–Kier alpha value is -1.95. The summed E-state index contributed by atoms with van der Waals surface area (Å²) in [6, 6.07) is 5.83. The third-order valence-corrected chi connectivity index (χ3v) is 4.22. The normalized spacial score (nSPS) is 17.9. The molecule has 1 saturated heterocycles. The molecular weight excluding hydrogens is 306 g/mol. The molecule has 1 atom stereocenters. The first-order chi connectivity index (χ1) is 11.7. The Morgan fingerprint density at radius 2 is 2.12 bits per heavy atom. The average Bonchev–Trinajstić information content (AvgIpc) is 3.07.